The van der Waals surface area contributed by atoms with E-state index in [0.717, 1.165) is 11.3 Å². The van der Waals surface area contributed by atoms with Crippen molar-refractivity contribution in [1.29, 1.82) is 0 Å². The predicted octanol–water partition coefficient (Wildman–Crippen LogP) is 4.62. The molecule has 0 aliphatic carbocycles. The number of hydrogen-bond acceptors (Lipinski definition) is 5. The average Bonchev–Trinajstić information content (AvgIpc) is 2.73. The van der Waals surface area contributed by atoms with Gasteiger partial charge in [0.2, 0.25) is 0 Å². The zero-order valence-electron chi connectivity index (χ0n) is 15.5. The number of anilines is 2. The number of aromatic nitrogens is 1. The Hall–Kier alpha value is -3.25. The van der Waals surface area contributed by atoms with Crippen LogP contribution in [0.2, 0.25) is 5.02 Å². The Morgan fingerprint density at radius 1 is 1.00 bits per heavy atom. The van der Waals surface area contributed by atoms with Crippen LogP contribution in [0.3, 0.4) is 0 Å². The Bertz CT molecular complexity index is 939. The number of amides is 1. The number of nitrogens with zero attached hydrogens (tertiary/aromatic N) is 1. The van der Waals surface area contributed by atoms with Crippen LogP contribution in [0, 0.1) is 0 Å². The summed E-state index contributed by atoms with van der Waals surface area (Å²) in [7, 11) is 3.01. The van der Waals surface area contributed by atoms with E-state index in [2.05, 4.69) is 15.6 Å². The van der Waals surface area contributed by atoms with E-state index in [1.54, 1.807) is 30.5 Å². The summed E-state index contributed by atoms with van der Waals surface area (Å²) < 4.78 is 10.5. The molecule has 3 rings (SSSR count). The van der Waals surface area contributed by atoms with Crippen molar-refractivity contribution < 1.29 is 14.3 Å². The lowest BCUT2D eigenvalue weighted by Gasteiger charge is -2.13. The molecule has 0 bridgehead atoms. The van der Waals surface area contributed by atoms with Crippen molar-refractivity contribution in [2.24, 2.45) is 0 Å². The van der Waals surface area contributed by atoms with Gasteiger partial charge in [-0.15, -0.1) is 0 Å². The van der Waals surface area contributed by atoms with Crippen LogP contribution >= 0.6 is 11.6 Å². The summed E-state index contributed by atoms with van der Waals surface area (Å²) in [5.41, 5.74) is 2.12. The number of nitrogens with one attached hydrogen (secondary N) is 2. The molecule has 0 saturated carbocycles. The number of benzene rings is 2. The molecule has 7 heteroatoms. The lowest BCUT2D eigenvalue weighted by molar-refractivity contribution is 0.102. The van der Waals surface area contributed by atoms with Crippen molar-refractivity contribution in [3.8, 4) is 11.5 Å². The first-order valence-corrected chi connectivity index (χ1v) is 8.96. The highest BCUT2D eigenvalue weighted by Gasteiger charge is 2.18. The summed E-state index contributed by atoms with van der Waals surface area (Å²) in [5, 5.41) is 6.72. The van der Waals surface area contributed by atoms with E-state index in [1.165, 1.54) is 14.2 Å². The highest BCUT2D eigenvalue weighted by Crippen LogP contribution is 2.29. The van der Waals surface area contributed by atoms with Gasteiger partial charge in [0.25, 0.3) is 5.91 Å². The fraction of sp³-hybridized carbons (Fsp3) is 0.143. The van der Waals surface area contributed by atoms with Crippen LogP contribution in [0.1, 0.15) is 15.9 Å². The van der Waals surface area contributed by atoms with Gasteiger partial charge in [0.1, 0.15) is 22.9 Å². The van der Waals surface area contributed by atoms with Gasteiger partial charge in [-0.1, -0.05) is 35.9 Å². The highest BCUT2D eigenvalue weighted by molar-refractivity contribution is 6.31. The molecular formula is C21H20ClN3O3. The van der Waals surface area contributed by atoms with Gasteiger partial charge < -0.3 is 20.1 Å². The number of carbonyl (C=O) groups is 1. The van der Waals surface area contributed by atoms with Gasteiger partial charge in [-0.2, -0.15) is 0 Å². The molecule has 1 amide bonds. The normalized spacial score (nSPS) is 10.2. The third-order valence-corrected chi connectivity index (χ3v) is 4.47. The number of methoxy groups -OCH3 is 2. The number of ether oxygens (including phenoxy) is 2. The second-order valence-electron chi connectivity index (χ2n) is 5.87. The second kappa shape index (κ2) is 9.10. The largest absolute Gasteiger partial charge is 0.496 e. The molecule has 0 spiro atoms. The molecular weight excluding hydrogens is 378 g/mol. The summed E-state index contributed by atoms with van der Waals surface area (Å²) in [4.78, 5) is 16.9. The Balaban J connectivity index is 1.68. The Labute approximate surface area is 168 Å². The molecule has 1 aromatic heterocycles. The van der Waals surface area contributed by atoms with Gasteiger partial charge in [0.15, 0.2) is 0 Å². The minimum atomic E-state index is -0.362. The van der Waals surface area contributed by atoms with E-state index in [-0.39, 0.29) is 5.91 Å². The van der Waals surface area contributed by atoms with Gasteiger partial charge in [-0.25, -0.2) is 4.98 Å². The van der Waals surface area contributed by atoms with E-state index in [1.807, 2.05) is 30.3 Å². The number of halogens is 1. The summed E-state index contributed by atoms with van der Waals surface area (Å²) >= 11 is 6.16. The second-order valence-corrected chi connectivity index (χ2v) is 6.28. The molecule has 144 valence electrons. The molecule has 0 aliphatic heterocycles. The first-order chi connectivity index (χ1) is 13.6. The fourth-order valence-corrected chi connectivity index (χ4v) is 2.87. The molecule has 0 fully saturated rings. The van der Waals surface area contributed by atoms with Crippen molar-refractivity contribution in [3.63, 3.8) is 0 Å². The van der Waals surface area contributed by atoms with Crippen LogP contribution in [-0.4, -0.2) is 25.1 Å². The maximum absolute atomic E-state index is 12.7. The van der Waals surface area contributed by atoms with Crippen LogP contribution in [0.15, 0.2) is 60.8 Å². The number of carbonyl (C=O) groups excluding carboxylic acids is 1. The molecule has 0 unspecified atom stereocenters. The summed E-state index contributed by atoms with van der Waals surface area (Å²) in [6.07, 6.45) is 1.64. The predicted molar refractivity (Wildman–Crippen MR) is 111 cm³/mol. The minimum absolute atomic E-state index is 0.315. The number of hydrogen-bond donors (Lipinski definition) is 2. The van der Waals surface area contributed by atoms with Gasteiger partial charge >= 0.3 is 0 Å². The molecule has 2 N–H and O–H groups in total. The van der Waals surface area contributed by atoms with Crippen molar-refractivity contribution in [1.82, 2.24) is 4.98 Å². The lowest BCUT2D eigenvalue weighted by Crippen LogP contribution is -2.15. The first kappa shape index (κ1) is 19.5. The van der Waals surface area contributed by atoms with Gasteiger partial charge in [-0.3, -0.25) is 4.79 Å². The fourth-order valence-electron chi connectivity index (χ4n) is 2.67. The number of rotatable bonds is 7. The molecule has 6 nitrogen and oxygen atoms in total. The maximum atomic E-state index is 12.7. The summed E-state index contributed by atoms with van der Waals surface area (Å²) in [6.45, 7) is 0.575. The van der Waals surface area contributed by atoms with Crippen molar-refractivity contribution in [2.75, 3.05) is 24.9 Å². The third kappa shape index (κ3) is 4.53. The SMILES string of the molecule is COc1cccc(OC)c1C(=O)Nc1ccc(NCc2ccccc2Cl)cn1. The quantitative estimate of drug-likeness (QED) is 0.608. The molecule has 1 heterocycles. The van der Waals surface area contributed by atoms with Gasteiger partial charge in [0, 0.05) is 11.6 Å². The van der Waals surface area contributed by atoms with Crippen molar-refractivity contribution in [2.45, 2.75) is 6.54 Å². The molecule has 2 aromatic carbocycles. The van der Waals surface area contributed by atoms with E-state index in [4.69, 9.17) is 21.1 Å². The molecule has 28 heavy (non-hydrogen) atoms. The Morgan fingerprint density at radius 3 is 2.32 bits per heavy atom. The molecule has 0 aliphatic rings. The van der Waals surface area contributed by atoms with E-state index in [9.17, 15) is 4.79 Å². The van der Waals surface area contributed by atoms with Crippen molar-refractivity contribution >= 4 is 29.0 Å². The highest BCUT2D eigenvalue weighted by atomic mass is 35.5. The monoisotopic (exact) mass is 397 g/mol. The van der Waals surface area contributed by atoms with Gasteiger partial charge in [0.05, 0.1) is 26.1 Å². The first-order valence-electron chi connectivity index (χ1n) is 8.58. The van der Waals surface area contributed by atoms with E-state index >= 15 is 0 Å². The van der Waals surface area contributed by atoms with Crippen LogP contribution < -0.4 is 20.1 Å². The van der Waals surface area contributed by atoms with Gasteiger partial charge in [-0.05, 0) is 35.9 Å². The average molecular weight is 398 g/mol. The summed E-state index contributed by atoms with van der Waals surface area (Å²) in [6, 6.07) is 16.3. The van der Waals surface area contributed by atoms with E-state index in [0.29, 0.717) is 34.4 Å². The van der Waals surface area contributed by atoms with Crippen LogP contribution in [-0.2, 0) is 6.54 Å². The molecule has 3 aromatic rings. The third-order valence-electron chi connectivity index (χ3n) is 4.10. The lowest BCUT2D eigenvalue weighted by atomic mass is 10.1. The summed E-state index contributed by atoms with van der Waals surface area (Å²) in [5.74, 6) is 0.907. The van der Waals surface area contributed by atoms with Crippen LogP contribution in [0.4, 0.5) is 11.5 Å². The standard InChI is InChI=1S/C21H20ClN3O3/c1-27-17-8-5-9-18(28-2)20(17)21(26)25-19-11-10-15(13-24-19)23-12-14-6-3-4-7-16(14)22/h3-11,13,23H,12H2,1-2H3,(H,24,25,26). The Kier molecular flexibility index (Phi) is 6.34. The van der Waals surface area contributed by atoms with Crippen LogP contribution in [0.5, 0.6) is 11.5 Å². The zero-order valence-corrected chi connectivity index (χ0v) is 16.3. The smallest absolute Gasteiger partial charge is 0.264 e. The zero-order chi connectivity index (χ0) is 19.9. The molecule has 0 saturated heterocycles. The molecule has 0 radical (unpaired) electrons. The van der Waals surface area contributed by atoms with E-state index < -0.39 is 0 Å². The maximum Gasteiger partial charge on any atom is 0.264 e. The minimum Gasteiger partial charge on any atom is -0.496 e. The topological polar surface area (TPSA) is 72.5 Å². The van der Waals surface area contributed by atoms with Crippen molar-refractivity contribution in [3.05, 3.63) is 76.9 Å². The molecule has 0 atom stereocenters. The van der Waals surface area contributed by atoms with Crippen LogP contribution in [0.25, 0.3) is 0 Å². The number of pyridine rings is 1. The Morgan fingerprint density at radius 2 is 1.71 bits per heavy atom.